The first-order chi connectivity index (χ1) is 25.6. The van der Waals surface area contributed by atoms with Gasteiger partial charge in [0.05, 0.1) is 24.1 Å². The van der Waals surface area contributed by atoms with Gasteiger partial charge < -0.3 is 14.4 Å². The molecule has 3 heterocycles. The monoisotopic (exact) mass is 792 g/mol. The Bertz CT molecular complexity index is 1850. The van der Waals surface area contributed by atoms with Gasteiger partial charge in [-0.3, -0.25) is 14.6 Å². The second-order valence-corrected chi connectivity index (χ2v) is 18.8. The topological polar surface area (TPSA) is 91.4 Å². The number of benzene rings is 2. The molecule has 7 rings (SSSR count). The van der Waals surface area contributed by atoms with Crippen LogP contribution in [0.2, 0.25) is 5.02 Å². The lowest BCUT2D eigenvalue weighted by Gasteiger charge is -2.52. The zero-order valence-corrected chi connectivity index (χ0v) is 32.9. The number of piperazine rings is 1. The van der Waals surface area contributed by atoms with Crippen molar-refractivity contribution >= 4 is 33.2 Å². The zero-order chi connectivity index (χ0) is 38.5. The number of hydrogen-bond acceptors (Lipinski definition) is 8. The van der Waals surface area contributed by atoms with E-state index in [0.717, 1.165) is 37.8 Å². The molecule has 2 aromatic rings. The first-order valence-corrected chi connectivity index (χ1v) is 21.1. The van der Waals surface area contributed by atoms with Crippen LogP contribution in [0.25, 0.3) is 0 Å². The van der Waals surface area contributed by atoms with E-state index in [1.165, 1.54) is 16.0 Å². The summed E-state index contributed by atoms with van der Waals surface area (Å²) < 4.78 is 82.3. The van der Waals surface area contributed by atoms with Gasteiger partial charge in [0, 0.05) is 68.9 Å². The summed E-state index contributed by atoms with van der Waals surface area (Å²) >= 11 is 6.47. The fourth-order valence-corrected chi connectivity index (χ4v) is 11.0. The molecule has 9 nitrogen and oxygen atoms in total. The number of alkyl halides is 3. The number of carbonyl (C=O) groups excluding carboxylic acids is 1. The summed E-state index contributed by atoms with van der Waals surface area (Å²) in [7, 11) is -2.32. The third kappa shape index (κ3) is 8.03. The number of rotatable bonds is 4. The number of amides is 1. The number of allylic oxidation sites excluding steroid dienone is 1. The van der Waals surface area contributed by atoms with Crippen LogP contribution in [-0.4, -0.2) is 107 Å². The highest BCUT2D eigenvalue weighted by Gasteiger charge is 2.50. The van der Waals surface area contributed by atoms with Gasteiger partial charge in [-0.25, -0.2) is 13.1 Å². The summed E-state index contributed by atoms with van der Waals surface area (Å²) in [5, 5.41) is -0.166. The Balaban J connectivity index is 1.26. The summed E-state index contributed by atoms with van der Waals surface area (Å²) in [6, 6.07) is 11.3. The highest BCUT2D eigenvalue weighted by atomic mass is 35.5. The van der Waals surface area contributed by atoms with Crippen LogP contribution in [0.3, 0.4) is 0 Å². The Morgan fingerprint density at radius 3 is 2.52 bits per heavy atom. The maximum absolute atomic E-state index is 13.6. The van der Waals surface area contributed by atoms with Gasteiger partial charge in [-0.1, -0.05) is 36.7 Å². The van der Waals surface area contributed by atoms with Crippen molar-refractivity contribution in [2.45, 2.75) is 74.8 Å². The highest BCUT2D eigenvalue weighted by Crippen LogP contribution is 2.49. The summed E-state index contributed by atoms with van der Waals surface area (Å²) in [4.78, 5) is 19.6. The van der Waals surface area contributed by atoms with Gasteiger partial charge in [0.2, 0.25) is 10.0 Å². The summed E-state index contributed by atoms with van der Waals surface area (Å²) in [6.07, 6.45) is 4.97. The molecule has 2 aliphatic carbocycles. The molecule has 1 N–H and O–H groups in total. The lowest BCUT2D eigenvalue weighted by atomic mass is 9.63. The quantitative estimate of drug-likeness (QED) is 0.354. The van der Waals surface area contributed by atoms with Crippen LogP contribution in [0.1, 0.15) is 67.4 Å². The van der Waals surface area contributed by atoms with E-state index in [1.54, 1.807) is 32.2 Å². The fraction of sp³-hybridized carbons (Fsp3) is 0.625. The summed E-state index contributed by atoms with van der Waals surface area (Å²) in [6.45, 7) is 6.41. The number of carbonyl (C=O) groups is 1. The number of sulfonamides is 1. The van der Waals surface area contributed by atoms with Crippen molar-refractivity contribution in [3.8, 4) is 5.75 Å². The maximum atomic E-state index is 13.6. The Morgan fingerprint density at radius 1 is 1.06 bits per heavy atom. The molecule has 6 atom stereocenters. The fourth-order valence-electron chi connectivity index (χ4n) is 9.52. The van der Waals surface area contributed by atoms with Gasteiger partial charge >= 0.3 is 6.18 Å². The molecule has 1 spiro atoms. The summed E-state index contributed by atoms with van der Waals surface area (Å²) in [5.74, 6) is -0.0758. The minimum Gasteiger partial charge on any atom is -0.490 e. The number of hydrogen-bond donors (Lipinski definition) is 1. The van der Waals surface area contributed by atoms with Crippen LogP contribution >= 0.6 is 11.6 Å². The molecule has 0 aromatic heterocycles. The normalized spacial score (nSPS) is 32.7. The lowest BCUT2D eigenvalue weighted by molar-refractivity contribution is -0.151. The third-order valence-corrected chi connectivity index (χ3v) is 15.1. The zero-order valence-electron chi connectivity index (χ0n) is 31.3. The number of methoxy groups -OCH3 is 1. The standard InChI is InChI=1S/C40H52ClF3N4O5S/c1-27-6-4-15-39(52-3,24-46-16-18-47(19-17-46)25-40(42,43)44)34-11-8-31(34)22-48-23-38(14-5-7-29-20-32(41)10-12-33(29)38)26-53-36-13-9-30(21-35(36)48)37(49)45-54(50,51)28(27)2/h4,9-10,12-13,15,20-21,27-28,31,34H,5-8,11,14,16-19,22-26H2,1-3H3,(H,45,49)/b15-4+/t27-,28+,31-,34+,38-,39+/m0/s1. The van der Waals surface area contributed by atoms with E-state index < -0.39 is 39.5 Å². The van der Waals surface area contributed by atoms with Crippen molar-refractivity contribution in [3.05, 3.63) is 70.3 Å². The number of ether oxygens (including phenoxy) is 2. The average molecular weight is 793 g/mol. The largest absolute Gasteiger partial charge is 0.490 e. The van der Waals surface area contributed by atoms with Crippen molar-refractivity contribution in [1.29, 1.82) is 0 Å². The molecule has 2 aromatic carbocycles. The molecule has 2 fully saturated rings. The molecule has 0 radical (unpaired) electrons. The van der Waals surface area contributed by atoms with Crippen LogP contribution in [0.5, 0.6) is 5.75 Å². The van der Waals surface area contributed by atoms with E-state index in [-0.39, 0.29) is 28.7 Å². The smallest absolute Gasteiger partial charge is 0.401 e. The van der Waals surface area contributed by atoms with Crippen LogP contribution in [-0.2, 0) is 26.6 Å². The molecule has 1 saturated heterocycles. The Hall–Kier alpha value is -2.84. The number of nitrogens with zero attached hydrogens (tertiary/aromatic N) is 3. The van der Waals surface area contributed by atoms with Gasteiger partial charge in [0.25, 0.3) is 5.91 Å². The van der Waals surface area contributed by atoms with E-state index in [1.807, 2.05) is 19.1 Å². The molecule has 3 aliphatic heterocycles. The van der Waals surface area contributed by atoms with Crippen LogP contribution < -0.4 is 14.4 Å². The van der Waals surface area contributed by atoms with Gasteiger partial charge in [-0.15, -0.1) is 0 Å². The molecule has 0 unspecified atom stereocenters. The van der Waals surface area contributed by atoms with Crippen molar-refractivity contribution in [2.24, 2.45) is 17.8 Å². The average Bonchev–Trinajstić information content (AvgIpc) is 3.25. The SMILES string of the molecule is CO[C@@]1(CN2CCN(CC(F)(F)F)CC2)/C=C/C[C@H](C)[C@@H](C)S(=O)(=O)NC(=O)c2ccc3c(c2)N(C[C@@H]2CC[C@H]21)C[C@@]1(CCCc2cc(Cl)ccc21)CO3. The molecule has 296 valence electrons. The number of fused-ring (bicyclic) bond motifs is 4. The Labute approximate surface area is 322 Å². The molecule has 2 bridgehead atoms. The number of aryl methyl sites for hydroxylation is 1. The maximum Gasteiger partial charge on any atom is 0.401 e. The molecule has 1 saturated carbocycles. The van der Waals surface area contributed by atoms with Crippen molar-refractivity contribution < 1.29 is 35.9 Å². The first-order valence-electron chi connectivity index (χ1n) is 19.2. The first kappa shape index (κ1) is 39.4. The summed E-state index contributed by atoms with van der Waals surface area (Å²) in [5.41, 5.74) is 2.33. The second-order valence-electron chi connectivity index (χ2n) is 16.4. The minimum absolute atomic E-state index is 0.0869. The van der Waals surface area contributed by atoms with Crippen molar-refractivity contribution in [3.63, 3.8) is 0 Å². The molecule has 1 amide bonds. The van der Waals surface area contributed by atoms with Gasteiger partial charge in [0.1, 0.15) is 11.4 Å². The van der Waals surface area contributed by atoms with E-state index in [0.29, 0.717) is 69.6 Å². The molecular weight excluding hydrogens is 741 g/mol. The predicted molar refractivity (Wildman–Crippen MR) is 204 cm³/mol. The van der Waals surface area contributed by atoms with Gasteiger partial charge in [-0.2, -0.15) is 13.2 Å². The lowest BCUT2D eigenvalue weighted by Crippen LogP contribution is -2.59. The van der Waals surface area contributed by atoms with Crippen LogP contribution in [0.4, 0.5) is 18.9 Å². The number of halogens is 4. The molecule has 5 aliphatic rings. The van der Waals surface area contributed by atoms with Gasteiger partial charge in [-0.05, 0) is 105 Å². The molecule has 54 heavy (non-hydrogen) atoms. The van der Waals surface area contributed by atoms with Crippen molar-refractivity contribution in [2.75, 3.05) is 71.0 Å². The Morgan fingerprint density at radius 2 is 1.81 bits per heavy atom. The number of nitrogens with one attached hydrogen (secondary N) is 1. The Kier molecular flexibility index (Phi) is 11.1. The van der Waals surface area contributed by atoms with E-state index in [4.69, 9.17) is 21.1 Å². The van der Waals surface area contributed by atoms with E-state index in [2.05, 4.69) is 32.7 Å². The van der Waals surface area contributed by atoms with Crippen molar-refractivity contribution in [1.82, 2.24) is 14.5 Å². The molecule has 14 heteroatoms. The predicted octanol–water partition coefficient (Wildman–Crippen LogP) is 6.45. The second kappa shape index (κ2) is 15.2. The highest BCUT2D eigenvalue weighted by molar-refractivity contribution is 7.90. The molecular formula is C40H52ClF3N4O5S. The third-order valence-electron chi connectivity index (χ3n) is 13.0. The van der Waals surface area contributed by atoms with Crippen LogP contribution in [0, 0.1) is 17.8 Å². The minimum atomic E-state index is -4.24. The van der Waals surface area contributed by atoms with E-state index >= 15 is 0 Å². The van der Waals surface area contributed by atoms with Crippen LogP contribution in [0.15, 0.2) is 48.6 Å². The number of anilines is 1. The van der Waals surface area contributed by atoms with Gasteiger partial charge in [0.15, 0.2) is 0 Å². The van der Waals surface area contributed by atoms with E-state index in [9.17, 15) is 26.4 Å².